The molecule has 0 saturated carbocycles. The van der Waals surface area contributed by atoms with E-state index in [9.17, 15) is 4.39 Å². The third kappa shape index (κ3) is 14.0. The summed E-state index contributed by atoms with van der Waals surface area (Å²) in [5, 5.41) is 2.46. The Labute approximate surface area is 712 Å². The van der Waals surface area contributed by atoms with Crippen LogP contribution in [0.5, 0.6) is 0 Å². The second kappa shape index (κ2) is 31.0. The first-order valence-corrected chi connectivity index (χ1v) is 40.7. The molecule has 17 aromatic rings. The van der Waals surface area contributed by atoms with Crippen molar-refractivity contribution >= 4 is 120 Å². The Morgan fingerprint density at radius 3 is 1.17 bits per heavy atom. The quantitative estimate of drug-likeness (QED) is 0.0944. The van der Waals surface area contributed by atoms with Crippen molar-refractivity contribution in [1.29, 1.82) is 0 Å². The molecule has 3 aliphatic rings. The van der Waals surface area contributed by atoms with Gasteiger partial charge in [-0.05, 0) is 283 Å². The molecule has 9 heteroatoms. The summed E-state index contributed by atoms with van der Waals surface area (Å²) >= 11 is 13.7. The van der Waals surface area contributed by atoms with Crippen LogP contribution in [0.15, 0.2) is 382 Å². The van der Waals surface area contributed by atoms with Gasteiger partial charge in [0.25, 0.3) is 0 Å². The molecular formula is C103H75Br4FN3Na. The van der Waals surface area contributed by atoms with Gasteiger partial charge in [0.1, 0.15) is 5.82 Å². The topological polar surface area (TPSA) is 11.4 Å². The van der Waals surface area contributed by atoms with Crippen LogP contribution in [-0.4, -0.2) is 4.57 Å². The van der Waals surface area contributed by atoms with E-state index in [1.807, 2.05) is 0 Å². The van der Waals surface area contributed by atoms with E-state index in [1.165, 1.54) is 145 Å². The van der Waals surface area contributed by atoms with E-state index in [2.05, 4.69) is 452 Å². The van der Waals surface area contributed by atoms with E-state index < -0.39 is 0 Å². The second-order valence-corrected chi connectivity index (χ2v) is 33.4. The van der Waals surface area contributed by atoms with Gasteiger partial charge in [-0.2, -0.15) is 0 Å². The molecule has 0 N–H and O–H groups in total. The fraction of sp³-hybridized carbons (Fsp3) is 0.0680. The van der Waals surface area contributed by atoms with Crippen molar-refractivity contribution in [1.82, 2.24) is 4.57 Å². The molecule has 1 aromatic heterocycles. The average molecular weight is 1720 g/mol. The normalized spacial score (nSPS) is 12.7. The predicted molar refractivity (Wildman–Crippen MR) is 480 cm³/mol. The molecule has 3 nitrogen and oxygen atoms in total. The number of hydrogen-bond donors (Lipinski definition) is 0. The van der Waals surface area contributed by atoms with Crippen molar-refractivity contribution in [2.45, 2.75) is 44.9 Å². The zero-order chi connectivity index (χ0) is 75.7. The monoisotopic (exact) mass is 1710 g/mol. The molecule has 0 aliphatic heterocycles. The van der Waals surface area contributed by atoms with Crippen LogP contribution in [0.2, 0.25) is 0 Å². The first-order chi connectivity index (χ1) is 54.1. The number of nitrogens with zero attached hydrogens (tertiary/aromatic N) is 3. The maximum Gasteiger partial charge on any atom is 1.00 e. The van der Waals surface area contributed by atoms with Gasteiger partial charge in [0.05, 0.1) is 21.2 Å². The average Bonchev–Trinajstić information content (AvgIpc) is 1.59. The van der Waals surface area contributed by atoms with Gasteiger partial charge < -0.3 is 15.8 Å². The van der Waals surface area contributed by atoms with E-state index in [-0.39, 0.29) is 47.6 Å². The maximum atomic E-state index is 12.5. The Bertz CT molecular complexity index is 6420. The molecule has 0 fully saturated rings. The molecule has 3 aliphatic carbocycles. The standard InChI is InChI=1S/C51H36Br2N2.C46H35N.C6H3Br2F.Na.H/c1-51(2)45-14-8-6-12-41(45)42-27-26-40(32-46(42)51)54(38-22-16-34(17-23-38)33-10-4-3-5-11-33)39-24-18-35(19-25-39)36-20-29-49-44(30-36)43-13-7-9-15-48(43)55(49)50-31-37(52)21-28-47(50)53;1-46(2)44-15-9-8-14-41(44)42-27-26-39(30-45(42)46)47(37-22-18-32(19-23-37)31-10-4-3-5-11-31)38-24-20-33(21-25-38)34-16-17-36-28-35-12-6-7-13-40(35)43(36)29-34;7-4-1-2-5(8)6(9)3-4;;/h3-32H,1-2H3;3-27,29-30H,28H2,1-2H3;1-3H;;/q;;;+1;-1. The zero-order valence-electron chi connectivity index (χ0n) is 63.6. The Balaban J connectivity index is 0.000000152. The van der Waals surface area contributed by atoms with Crippen molar-refractivity contribution in [2.24, 2.45) is 0 Å². The van der Waals surface area contributed by atoms with Crippen molar-refractivity contribution < 1.29 is 35.4 Å². The van der Waals surface area contributed by atoms with E-state index >= 15 is 0 Å². The van der Waals surface area contributed by atoms with Crippen LogP contribution in [0.1, 0.15) is 62.5 Å². The molecule has 20 rings (SSSR count). The summed E-state index contributed by atoms with van der Waals surface area (Å²) in [6, 6.07) is 131. The van der Waals surface area contributed by atoms with Crippen molar-refractivity contribution in [2.75, 3.05) is 9.80 Å². The molecular weight excluding hydrogens is 1640 g/mol. The van der Waals surface area contributed by atoms with Crippen LogP contribution in [-0.2, 0) is 17.3 Å². The van der Waals surface area contributed by atoms with Gasteiger partial charge in [0.2, 0.25) is 0 Å². The number of aromatic nitrogens is 1. The summed E-state index contributed by atoms with van der Waals surface area (Å²) in [4.78, 5) is 4.79. The van der Waals surface area contributed by atoms with Crippen LogP contribution in [0.3, 0.4) is 0 Å². The van der Waals surface area contributed by atoms with Gasteiger partial charge in [-0.3, -0.25) is 0 Å². The number of hydrogen-bond acceptors (Lipinski definition) is 2. The fourth-order valence-corrected chi connectivity index (χ4v) is 18.2. The van der Waals surface area contributed by atoms with Gasteiger partial charge in [0, 0.05) is 69.1 Å². The first-order valence-electron chi connectivity index (χ1n) is 37.5. The van der Waals surface area contributed by atoms with Crippen molar-refractivity contribution in [3.05, 3.63) is 421 Å². The predicted octanol–water partition coefficient (Wildman–Crippen LogP) is 28.3. The van der Waals surface area contributed by atoms with E-state index in [4.69, 9.17) is 0 Å². The van der Waals surface area contributed by atoms with Crippen molar-refractivity contribution in [3.8, 4) is 83.6 Å². The molecule has 0 saturated heterocycles. The van der Waals surface area contributed by atoms with Gasteiger partial charge in [-0.1, -0.05) is 290 Å². The van der Waals surface area contributed by atoms with Gasteiger partial charge >= 0.3 is 29.6 Å². The molecule has 0 unspecified atom stereocenters. The SMILES string of the molecule is CC1(C)c2ccccc2-c2ccc(N(c3ccc(-c4ccccc4)cc3)c3ccc(-c4ccc5c(c4)-c4ccccc4C5)cc3)cc21.CC1(C)c2ccccc2-c2ccc(N(c3ccc(-c4ccccc4)cc3)c3ccc(-c4ccc5c(c4)c4ccccc4n5-c4cc(Br)ccc4Br)cc3)cc21.Fc1cc(Br)ccc1Br.[H-].[Na+]. The molecule has 112 heavy (non-hydrogen) atoms. The van der Waals surface area contributed by atoms with E-state index in [0.29, 0.717) is 4.47 Å². The molecule has 0 amide bonds. The van der Waals surface area contributed by atoms with Crippen LogP contribution in [0, 0.1) is 5.82 Å². The second-order valence-electron chi connectivity index (χ2n) is 29.8. The maximum absolute atomic E-state index is 12.5. The smallest absolute Gasteiger partial charge is 1.00 e. The number of anilines is 6. The molecule has 1 heterocycles. The number of rotatable bonds is 11. The number of para-hydroxylation sites is 1. The Morgan fingerprint density at radius 2 is 0.661 bits per heavy atom. The molecule has 0 radical (unpaired) electrons. The van der Waals surface area contributed by atoms with Crippen LogP contribution in [0.4, 0.5) is 38.5 Å². The van der Waals surface area contributed by atoms with E-state index in [1.54, 1.807) is 12.1 Å². The Morgan fingerprint density at radius 1 is 0.286 bits per heavy atom. The van der Waals surface area contributed by atoms with Crippen LogP contribution >= 0.6 is 63.7 Å². The largest absolute Gasteiger partial charge is 1.00 e. The minimum absolute atomic E-state index is 0. The molecule has 538 valence electrons. The van der Waals surface area contributed by atoms with Gasteiger partial charge in [-0.15, -0.1) is 0 Å². The summed E-state index contributed by atoms with van der Waals surface area (Å²) in [6.07, 6.45) is 1.02. The van der Waals surface area contributed by atoms with Crippen molar-refractivity contribution in [3.63, 3.8) is 0 Å². The number of fused-ring (bicyclic) bond motifs is 12. The van der Waals surface area contributed by atoms with Gasteiger partial charge in [0.15, 0.2) is 0 Å². The Hall–Kier alpha value is -10.2. The van der Waals surface area contributed by atoms with Crippen LogP contribution < -0.4 is 39.4 Å². The third-order valence-electron chi connectivity index (χ3n) is 22.5. The molecule has 0 bridgehead atoms. The summed E-state index contributed by atoms with van der Waals surface area (Å²) < 4.78 is 18.2. The Kier molecular flexibility index (Phi) is 20.6. The van der Waals surface area contributed by atoms with Crippen LogP contribution in [0.25, 0.3) is 105 Å². The molecule has 0 spiro atoms. The van der Waals surface area contributed by atoms with Gasteiger partial charge in [-0.25, -0.2) is 4.39 Å². The number of benzene rings is 16. The minimum atomic E-state index is -0.246. The third-order valence-corrected chi connectivity index (χ3v) is 24.8. The van der Waals surface area contributed by atoms with E-state index in [0.717, 1.165) is 54.0 Å². The molecule has 0 atom stereocenters. The fourth-order valence-electron chi connectivity index (χ4n) is 16.9. The summed E-state index contributed by atoms with van der Waals surface area (Å²) in [5.74, 6) is -0.246. The number of halogens is 5. The zero-order valence-corrected chi connectivity index (χ0v) is 70.9. The molecule has 16 aromatic carbocycles. The summed E-state index contributed by atoms with van der Waals surface area (Å²) in [5.41, 5.74) is 36.2. The summed E-state index contributed by atoms with van der Waals surface area (Å²) in [7, 11) is 0. The summed E-state index contributed by atoms with van der Waals surface area (Å²) in [6.45, 7) is 9.40. The minimum Gasteiger partial charge on any atom is -1.00 e. The first kappa shape index (κ1) is 74.5.